The number of Topliss-reactive ketones (excluding diaryl/α,β-unsaturated/α-hetero) is 1. The van der Waals surface area contributed by atoms with Crippen LogP contribution in [-0.2, 0) is 23.9 Å². The van der Waals surface area contributed by atoms with Gasteiger partial charge in [-0.1, -0.05) is 60.1 Å². The van der Waals surface area contributed by atoms with Crippen molar-refractivity contribution < 1.29 is 23.9 Å². The predicted molar refractivity (Wildman–Crippen MR) is 143 cm³/mol. The van der Waals surface area contributed by atoms with Crippen LogP contribution >= 0.6 is 0 Å². The van der Waals surface area contributed by atoms with Gasteiger partial charge in [0, 0.05) is 17.3 Å². The van der Waals surface area contributed by atoms with Gasteiger partial charge in [-0.05, 0) is 79.6 Å². The molecule has 0 aliphatic heterocycles. The SMILES string of the molecule is CC.COC(=O)[C@@]12CCC3C(C(=O)C=C4C5C=C(C=O)C(=O)C(C)(C)[C@@H]5CC[C@]43C)C1CC(C)(C)CC2. The number of ketones is 2. The van der Waals surface area contributed by atoms with Crippen LogP contribution in [0.25, 0.3) is 0 Å². The average molecular weight is 511 g/mol. The number of esters is 1. The summed E-state index contributed by atoms with van der Waals surface area (Å²) in [7, 11) is 1.48. The van der Waals surface area contributed by atoms with Gasteiger partial charge in [0.1, 0.15) is 0 Å². The van der Waals surface area contributed by atoms with Crippen LogP contribution in [0.4, 0.5) is 0 Å². The Kier molecular flexibility index (Phi) is 7.04. The maximum absolute atomic E-state index is 14.0. The number of methoxy groups -OCH3 is 1. The molecule has 5 rings (SSSR count). The Morgan fingerprint density at radius 2 is 1.59 bits per heavy atom. The van der Waals surface area contributed by atoms with Crippen LogP contribution in [0.3, 0.4) is 0 Å². The van der Waals surface area contributed by atoms with E-state index in [1.54, 1.807) is 0 Å². The number of rotatable bonds is 2. The lowest BCUT2D eigenvalue weighted by atomic mass is 9.41. The van der Waals surface area contributed by atoms with E-state index in [9.17, 15) is 19.2 Å². The summed E-state index contributed by atoms with van der Waals surface area (Å²) in [5, 5.41) is 0. The minimum Gasteiger partial charge on any atom is -0.469 e. The quantitative estimate of drug-likeness (QED) is 0.247. The summed E-state index contributed by atoms with van der Waals surface area (Å²) in [5.41, 5.74) is 0.0768. The highest BCUT2D eigenvalue weighted by molar-refractivity contribution is 6.15. The molecule has 0 N–H and O–H groups in total. The molecule has 0 heterocycles. The van der Waals surface area contributed by atoms with Crippen molar-refractivity contribution >= 4 is 23.8 Å². The highest BCUT2D eigenvalue weighted by atomic mass is 16.5. The zero-order valence-electron chi connectivity index (χ0n) is 24.1. The Balaban J connectivity index is 0.00000156. The summed E-state index contributed by atoms with van der Waals surface area (Å²) in [6.45, 7) is 14.7. The number of carbonyl (C=O) groups excluding carboxylic acids is 4. The van der Waals surface area contributed by atoms with Gasteiger partial charge < -0.3 is 4.74 Å². The first-order valence-electron chi connectivity index (χ1n) is 14.4. The molecule has 4 unspecified atom stereocenters. The molecule has 0 spiro atoms. The van der Waals surface area contributed by atoms with Gasteiger partial charge in [0.15, 0.2) is 17.9 Å². The topological polar surface area (TPSA) is 77.5 Å². The van der Waals surface area contributed by atoms with Crippen LogP contribution < -0.4 is 0 Å². The van der Waals surface area contributed by atoms with Crippen LogP contribution in [-0.4, -0.2) is 30.9 Å². The molecule has 0 radical (unpaired) electrons. The second kappa shape index (κ2) is 9.31. The lowest BCUT2D eigenvalue weighted by molar-refractivity contribution is -0.177. The number of hydrogen-bond acceptors (Lipinski definition) is 5. The summed E-state index contributed by atoms with van der Waals surface area (Å²) in [6, 6.07) is 0. The molecular formula is C32H46O5. The third kappa shape index (κ3) is 3.93. The van der Waals surface area contributed by atoms with Gasteiger partial charge in [-0.2, -0.15) is 0 Å². The number of allylic oxidation sites excluding steroid dienone is 4. The first-order chi connectivity index (χ1) is 17.3. The fraction of sp³-hybridized carbons (Fsp3) is 0.750. The molecule has 0 bridgehead atoms. The van der Waals surface area contributed by atoms with Crippen LogP contribution in [0.1, 0.15) is 93.4 Å². The Labute approximate surface area is 222 Å². The van der Waals surface area contributed by atoms with Crippen molar-refractivity contribution in [3.63, 3.8) is 0 Å². The zero-order chi connectivity index (χ0) is 27.6. The highest BCUT2D eigenvalue weighted by Gasteiger charge is 2.65. The fourth-order valence-electron chi connectivity index (χ4n) is 9.17. The second-order valence-corrected chi connectivity index (χ2v) is 13.7. The number of fused-ring (bicyclic) bond motifs is 7. The minimum absolute atomic E-state index is 0.0113. The van der Waals surface area contributed by atoms with Gasteiger partial charge >= 0.3 is 5.97 Å². The van der Waals surface area contributed by atoms with Crippen molar-refractivity contribution in [1.82, 2.24) is 0 Å². The smallest absolute Gasteiger partial charge is 0.312 e. The zero-order valence-corrected chi connectivity index (χ0v) is 24.1. The van der Waals surface area contributed by atoms with Gasteiger partial charge in [0.25, 0.3) is 0 Å². The molecule has 3 fully saturated rings. The van der Waals surface area contributed by atoms with E-state index in [0.717, 1.165) is 50.5 Å². The van der Waals surface area contributed by atoms with E-state index in [4.69, 9.17) is 4.74 Å². The summed E-state index contributed by atoms with van der Waals surface area (Å²) in [5.74, 6) is -0.0865. The maximum atomic E-state index is 14.0. The molecular weight excluding hydrogens is 464 g/mol. The van der Waals surface area contributed by atoms with Crippen molar-refractivity contribution in [2.45, 2.75) is 93.4 Å². The molecule has 5 aliphatic rings. The molecule has 5 aliphatic carbocycles. The number of ether oxygens (including phenoxy) is 1. The minimum atomic E-state index is -0.627. The average Bonchev–Trinajstić information content (AvgIpc) is 2.86. The summed E-state index contributed by atoms with van der Waals surface area (Å²) in [4.78, 5) is 52.0. The molecule has 37 heavy (non-hydrogen) atoms. The molecule has 7 atom stereocenters. The molecule has 0 saturated heterocycles. The van der Waals surface area contributed by atoms with Crippen molar-refractivity contribution in [2.24, 2.45) is 51.2 Å². The van der Waals surface area contributed by atoms with E-state index in [0.29, 0.717) is 6.29 Å². The second-order valence-electron chi connectivity index (χ2n) is 13.7. The molecule has 0 amide bonds. The van der Waals surface area contributed by atoms with E-state index in [2.05, 4.69) is 20.8 Å². The first kappa shape index (κ1) is 28.0. The molecule has 5 nitrogen and oxygen atoms in total. The standard InChI is InChI=1S/C30H40O5.C2H6/c1-27(2)11-12-30(26(34)35-6)10-8-20-24(22(30)15-27)23(32)14-21-18-13-17(16-31)25(33)28(3,4)19(18)7-9-29(20,21)5;1-2/h13-14,16,18-20,22,24H,7-12,15H2,1-6H3;1-2H3/t18?,19-,20?,22?,24?,29+,30-;/m1./s1. The first-order valence-corrected chi connectivity index (χ1v) is 14.4. The van der Waals surface area contributed by atoms with Gasteiger partial charge in [-0.3, -0.25) is 19.2 Å². The van der Waals surface area contributed by atoms with E-state index >= 15 is 0 Å². The molecule has 0 aromatic carbocycles. The van der Waals surface area contributed by atoms with E-state index < -0.39 is 10.8 Å². The normalized spacial score (nSPS) is 41.2. The van der Waals surface area contributed by atoms with Crippen LogP contribution in [0.5, 0.6) is 0 Å². The lowest BCUT2D eigenvalue weighted by Gasteiger charge is -2.62. The maximum Gasteiger partial charge on any atom is 0.312 e. The third-order valence-corrected chi connectivity index (χ3v) is 11.2. The van der Waals surface area contributed by atoms with Crippen LogP contribution in [0, 0.1) is 51.2 Å². The monoisotopic (exact) mass is 510 g/mol. The van der Waals surface area contributed by atoms with Crippen molar-refractivity contribution in [3.05, 3.63) is 23.3 Å². The Hall–Kier alpha value is -2.04. The highest BCUT2D eigenvalue weighted by Crippen LogP contribution is 2.67. The Morgan fingerprint density at radius 1 is 0.946 bits per heavy atom. The summed E-state index contributed by atoms with van der Waals surface area (Å²) in [6.07, 6.45) is 10.5. The molecule has 5 heteroatoms. The predicted octanol–water partition coefficient (Wildman–Crippen LogP) is 6.30. The number of carbonyl (C=O) groups is 4. The summed E-state index contributed by atoms with van der Waals surface area (Å²) < 4.78 is 5.35. The van der Waals surface area contributed by atoms with E-state index in [1.165, 1.54) is 7.11 Å². The van der Waals surface area contributed by atoms with E-state index in [1.807, 2.05) is 39.8 Å². The molecule has 0 aromatic rings. The van der Waals surface area contributed by atoms with Crippen molar-refractivity contribution in [1.29, 1.82) is 0 Å². The van der Waals surface area contributed by atoms with Crippen LogP contribution in [0.2, 0.25) is 0 Å². The molecule has 204 valence electrons. The van der Waals surface area contributed by atoms with Gasteiger partial charge in [0.05, 0.1) is 18.1 Å². The fourth-order valence-corrected chi connectivity index (χ4v) is 9.17. The van der Waals surface area contributed by atoms with Crippen molar-refractivity contribution in [3.8, 4) is 0 Å². The van der Waals surface area contributed by atoms with Gasteiger partial charge in [0.2, 0.25) is 0 Å². The van der Waals surface area contributed by atoms with Crippen molar-refractivity contribution in [2.75, 3.05) is 7.11 Å². The third-order valence-electron chi connectivity index (χ3n) is 11.2. The van der Waals surface area contributed by atoms with Crippen LogP contribution in [0.15, 0.2) is 23.3 Å². The largest absolute Gasteiger partial charge is 0.469 e. The van der Waals surface area contributed by atoms with E-state index in [-0.39, 0.29) is 63.5 Å². The summed E-state index contributed by atoms with van der Waals surface area (Å²) >= 11 is 0. The number of hydrogen-bond donors (Lipinski definition) is 0. The Bertz CT molecular complexity index is 1060. The van der Waals surface area contributed by atoms with Gasteiger partial charge in [-0.25, -0.2) is 0 Å². The number of aldehydes is 1. The lowest BCUT2D eigenvalue weighted by Crippen LogP contribution is -2.60. The Morgan fingerprint density at radius 3 is 2.22 bits per heavy atom. The molecule has 3 saturated carbocycles. The molecule has 0 aromatic heterocycles. The van der Waals surface area contributed by atoms with Gasteiger partial charge in [-0.15, -0.1) is 0 Å².